The molecule has 148 valence electrons. The molecule has 0 radical (unpaired) electrons. The Kier molecular flexibility index (Phi) is 6.92. The second-order valence-corrected chi connectivity index (χ2v) is 8.09. The smallest absolute Gasteiger partial charge is 0.251 e. The summed E-state index contributed by atoms with van der Waals surface area (Å²) >= 11 is 0. The molecule has 0 aromatic heterocycles. The molecule has 3 aromatic carbocycles. The molecule has 5 nitrogen and oxygen atoms in total. The minimum absolute atomic E-state index is 0.199. The molecule has 0 spiro atoms. The van der Waals surface area contributed by atoms with Gasteiger partial charge >= 0.3 is 0 Å². The van der Waals surface area contributed by atoms with Crippen LogP contribution in [0.4, 0.5) is 0 Å². The lowest BCUT2D eigenvalue weighted by molar-refractivity contribution is -0.119. The lowest BCUT2D eigenvalue weighted by Crippen LogP contribution is -2.45. The average molecular weight is 407 g/mol. The fraction of sp³-hybridized carbons (Fsp3) is 0.130. The molecule has 2 amide bonds. The van der Waals surface area contributed by atoms with Gasteiger partial charge in [-0.2, -0.15) is 0 Å². The molecule has 0 aliphatic heterocycles. The van der Waals surface area contributed by atoms with Crippen LogP contribution in [0, 0.1) is 0 Å². The Labute approximate surface area is 172 Å². The van der Waals surface area contributed by atoms with Crippen molar-refractivity contribution in [1.82, 2.24) is 5.32 Å². The van der Waals surface area contributed by atoms with E-state index in [1.807, 2.05) is 48.5 Å². The molecule has 0 fully saturated rings. The van der Waals surface area contributed by atoms with Crippen LogP contribution in [0.1, 0.15) is 16.8 Å². The minimum atomic E-state index is -1.26. The minimum Gasteiger partial charge on any atom is -0.368 e. The average Bonchev–Trinajstić information content (AvgIpc) is 2.77. The predicted octanol–water partition coefficient (Wildman–Crippen LogP) is 3.14. The number of primary amides is 1. The van der Waals surface area contributed by atoms with Gasteiger partial charge in [0.05, 0.1) is 10.8 Å². The largest absolute Gasteiger partial charge is 0.368 e. The van der Waals surface area contributed by atoms with Crippen LogP contribution in [0.25, 0.3) is 11.1 Å². The summed E-state index contributed by atoms with van der Waals surface area (Å²) in [5, 5.41) is 2.65. The number of nitrogens with one attached hydrogen (secondary N) is 1. The molecule has 0 aliphatic rings. The Morgan fingerprint density at radius 2 is 1.38 bits per heavy atom. The van der Waals surface area contributed by atoms with Crippen LogP contribution in [-0.2, 0) is 15.6 Å². The zero-order valence-electron chi connectivity index (χ0n) is 15.8. The quantitative estimate of drug-likeness (QED) is 0.602. The first-order chi connectivity index (χ1) is 14.0. The first-order valence-electron chi connectivity index (χ1n) is 9.23. The molecule has 0 saturated heterocycles. The molecule has 29 heavy (non-hydrogen) atoms. The molecule has 0 unspecified atom stereocenters. The van der Waals surface area contributed by atoms with Crippen LogP contribution < -0.4 is 11.1 Å². The summed E-state index contributed by atoms with van der Waals surface area (Å²) in [6, 6.07) is 25.1. The third-order valence-corrected chi connectivity index (χ3v) is 5.91. The molecular weight excluding hydrogens is 384 g/mol. The highest BCUT2D eigenvalue weighted by molar-refractivity contribution is 7.85. The van der Waals surface area contributed by atoms with Crippen LogP contribution in [-0.4, -0.2) is 27.8 Å². The summed E-state index contributed by atoms with van der Waals surface area (Å²) in [6.07, 6.45) is 0.199. The van der Waals surface area contributed by atoms with Gasteiger partial charge in [0, 0.05) is 16.2 Å². The van der Waals surface area contributed by atoms with Crippen LogP contribution in [0.5, 0.6) is 0 Å². The number of hydrogen-bond acceptors (Lipinski definition) is 3. The van der Waals surface area contributed by atoms with Gasteiger partial charge in [-0.05, 0) is 41.8 Å². The van der Waals surface area contributed by atoms with Crippen molar-refractivity contribution < 1.29 is 13.8 Å². The maximum Gasteiger partial charge on any atom is 0.251 e. The normalized spacial score (nSPS) is 12.7. The first-order valence-corrected chi connectivity index (χ1v) is 10.6. The summed E-state index contributed by atoms with van der Waals surface area (Å²) in [7, 11) is -1.26. The van der Waals surface area contributed by atoms with Gasteiger partial charge < -0.3 is 11.1 Å². The summed E-state index contributed by atoms with van der Waals surface area (Å²) in [4.78, 5) is 25.0. The first kappa shape index (κ1) is 20.5. The molecule has 0 bridgehead atoms. The van der Waals surface area contributed by atoms with Gasteiger partial charge in [0.15, 0.2) is 0 Å². The second kappa shape index (κ2) is 9.80. The molecule has 0 heterocycles. The van der Waals surface area contributed by atoms with E-state index < -0.39 is 22.7 Å². The van der Waals surface area contributed by atoms with E-state index in [1.54, 1.807) is 36.4 Å². The summed E-state index contributed by atoms with van der Waals surface area (Å²) in [6.45, 7) is 0. The fourth-order valence-electron chi connectivity index (χ4n) is 2.89. The SMILES string of the molecule is NC(=O)[C@@H](CC[S@@](=O)c1ccccc1)NC(=O)c1ccc(-c2ccccc2)cc1. The molecular formula is C23H22N2O3S. The van der Waals surface area contributed by atoms with Crippen molar-refractivity contribution in [2.45, 2.75) is 17.4 Å². The third kappa shape index (κ3) is 5.62. The van der Waals surface area contributed by atoms with Crippen LogP contribution in [0.15, 0.2) is 89.8 Å². The zero-order chi connectivity index (χ0) is 20.6. The Balaban J connectivity index is 1.62. The van der Waals surface area contributed by atoms with Gasteiger partial charge in [-0.1, -0.05) is 60.7 Å². The number of amides is 2. The number of nitrogens with two attached hydrogens (primary N) is 1. The predicted molar refractivity (Wildman–Crippen MR) is 115 cm³/mol. The number of rotatable bonds is 8. The van der Waals surface area contributed by atoms with Gasteiger partial charge in [-0.3, -0.25) is 13.8 Å². The van der Waals surface area contributed by atoms with E-state index in [9.17, 15) is 13.8 Å². The highest BCUT2D eigenvalue weighted by atomic mass is 32.2. The molecule has 0 aliphatic carbocycles. The number of hydrogen-bond donors (Lipinski definition) is 2. The van der Waals surface area contributed by atoms with Gasteiger partial charge in [0.2, 0.25) is 5.91 Å². The standard InChI is InChI=1S/C23H22N2O3S/c24-22(26)21(15-16-29(28)20-9-5-2-6-10-20)25-23(27)19-13-11-18(12-14-19)17-7-3-1-4-8-17/h1-14,21H,15-16H2,(H2,24,26)(H,25,27)/t21-,29-/m1/s1. The molecule has 3 rings (SSSR count). The van der Waals surface area contributed by atoms with E-state index in [4.69, 9.17) is 5.73 Å². The van der Waals surface area contributed by atoms with Crippen molar-refractivity contribution in [3.63, 3.8) is 0 Å². The van der Waals surface area contributed by atoms with E-state index in [-0.39, 0.29) is 18.1 Å². The Hall–Kier alpha value is -3.25. The number of benzene rings is 3. The van der Waals surface area contributed by atoms with Crippen LogP contribution in [0.2, 0.25) is 0 Å². The van der Waals surface area contributed by atoms with E-state index in [1.165, 1.54) is 0 Å². The number of carbonyl (C=O) groups excluding carboxylic acids is 2. The Bertz CT molecular complexity index is 990. The van der Waals surface area contributed by atoms with E-state index in [0.717, 1.165) is 11.1 Å². The molecule has 6 heteroatoms. The second-order valence-electron chi connectivity index (χ2n) is 6.52. The van der Waals surface area contributed by atoms with Crippen molar-refractivity contribution in [1.29, 1.82) is 0 Å². The maximum atomic E-state index is 12.5. The third-order valence-electron chi connectivity index (χ3n) is 4.50. The zero-order valence-corrected chi connectivity index (χ0v) is 16.6. The number of carbonyl (C=O) groups is 2. The Morgan fingerprint density at radius 1 is 0.828 bits per heavy atom. The van der Waals surface area contributed by atoms with Gasteiger partial charge in [-0.25, -0.2) is 0 Å². The van der Waals surface area contributed by atoms with E-state index in [2.05, 4.69) is 5.32 Å². The highest BCUT2D eigenvalue weighted by Crippen LogP contribution is 2.19. The van der Waals surface area contributed by atoms with Gasteiger partial charge in [0.1, 0.15) is 6.04 Å². The summed E-state index contributed by atoms with van der Waals surface area (Å²) < 4.78 is 12.3. The fourth-order valence-corrected chi connectivity index (χ4v) is 4.03. The van der Waals surface area contributed by atoms with E-state index >= 15 is 0 Å². The van der Waals surface area contributed by atoms with Gasteiger partial charge in [-0.15, -0.1) is 0 Å². The molecule has 0 saturated carbocycles. The van der Waals surface area contributed by atoms with Crippen molar-refractivity contribution >= 4 is 22.6 Å². The van der Waals surface area contributed by atoms with Crippen molar-refractivity contribution in [3.05, 3.63) is 90.5 Å². The van der Waals surface area contributed by atoms with Gasteiger partial charge in [0.25, 0.3) is 5.91 Å². The van der Waals surface area contributed by atoms with Crippen LogP contribution in [0.3, 0.4) is 0 Å². The maximum absolute atomic E-state index is 12.5. The van der Waals surface area contributed by atoms with Crippen molar-refractivity contribution in [3.8, 4) is 11.1 Å². The highest BCUT2D eigenvalue weighted by Gasteiger charge is 2.20. The van der Waals surface area contributed by atoms with E-state index in [0.29, 0.717) is 10.5 Å². The topological polar surface area (TPSA) is 89.3 Å². The molecule has 3 N–H and O–H groups in total. The summed E-state index contributed by atoms with van der Waals surface area (Å²) in [5.41, 5.74) is 7.91. The summed E-state index contributed by atoms with van der Waals surface area (Å²) in [5.74, 6) is -0.812. The van der Waals surface area contributed by atoms with Crippen LogP contribution >= 0.6 is 0 Å². The van der Waals surface area contributed by atoms with Crippen molar-refractivity contribution in [2.24, 2.45) is 5.73 Å². The molecule has 2 atom stereocenters. The molecule has 3 aromatic rings. The monoisotopic (exact) mass is 406 g/mol. The lowest BCUT2D eigenvalue weighted by Gasteiger charge is -2.15. The van der Waals surface area contributed by atoms with Crippen molar-refractivity contribution in [2.75, 3.05) is 5.75 Å². The lowest BCUT2D eigenvalue weighted by atomic mass is 10.0. The Morgan fingerprint density at radius 3 is 1.97 bits per heavy atom.